The van der Waals surface area contributed by atoms with Crippen LogP contribution in [0.1, 0.15) is 78.1 Å². The average Bonchev–Trinajstić information content (AvgIpc) is 2.86. The number of hydrogen-bond donors (Lipinski definition) is 1. The summed E-state index contributed by atoms with van der Waals surface area (Å²) in [6.07, 6.45) is 12.3. The van der Waals surface area contributed by atoms with Gasteiger partial charge < -0.3 is 10.2 Å². The summed E-state index contributed by atoms with van der Waals surface area (Å²) in [7, 11) is 0. The molecule has 0 bridgehead atoms. The van der Waals surface area contributed by atoms with Crippen molar-refractivity contribution < 1.29 is 4.79 Å². The van der Waals surface area contributed by atoms with Crippen LogP contribution in [0.25, 0.3) is 0 Å². The van der Waals surface area contributed by atoms with E-state index in [9.17, 15) is 4.79 Å². The van der Waals surface area contributed by atoms with Crippen molar-refractivity contribution in [3.63, 3.8) is 0 Å². The minimum atomic E-state index is 0.355. The summed E-state index contributed by atoms with van der Waals surface area (Å²) < 4.78 is 0. The van der Waals surface area contributed by atoms with Gasteiger partial charge in [0.15, 0.2) is 0 Å². The monoisotopic (exact) mass is 282 g/mol. The van der Waals surface area contributed by atoms with E-state index in [0.717, 1.165) is 38.9 Å². The molecule has 3 heteroatoms. The van der Waals surface area contributed by atoms with E-state index < -0.39 is 0 Å². The van der Waals surface area contributed by atoms with Gasteiger partial charge in [-0.05, 0) is 32.2 Å². The molecule has 0 radical (unpaired) electrons. The smallest absolute Gasteiger partial charge is 0.222 e. The molecule has 0 aromatic heterocycles. The van der Waals surface area contributed by atoms with Gasteiger partial charge in [-0.1, -0.05) is 46.0 Å². The van der Waals surface area contributed by atoms with E-state index in [2.05, 4.69) is 19.2 Å². The summed E-state index contributed by atoms with van der Waals surface area (Å²) >= 11 is 0. The number of nitrogens with one attached hydrogen (secondary N) is 1. The number of nitrogens with zero attached hydrogens (tertiary/aromatic N) is 1. The maximum absolute atomic E-state index is 11.5. The second-order valence-electron chi connectivity index (χ2n) is 6.10. The van der Waals surface area contributed by atoms with Crippen molar-refractivity contribution in [2.45, 2.75) is 84.1 Å². The third kappa shape index (κ3) is 7.28. The van der Waals surface area contributed by atoms with E-state index in [-0.39, 0.29) is 0 Å². The molecule has 1 aliphatic rings. The van der Waals surface area contributed by atoms with Gasteiger partial charge in [-0.25, -0.2) is 0 Å². The molecule has 1 unspecified atom stereocenters. The highest BCUT2D eigenvalue weighted by Crippen LogP contribution is 2.11. The van der Waals surface area contributed by atoms with Gasteiger partial charge in [0, 0.05) is 25.6 Å². The molecular weight excluding hydrogens is 248 g/mol. The molecule has 3 nitrogen and oxygen atoms in total. The number of rotatable bonds is 12. The SMILES string of the molecule is CCCCCCCC(CC)NCCCN1CCCC1=O. The summed E-state index contributed by atoms with van der Waals surface area (Å²) in [5, 5.41) is 3.66. The van der Waals surface area contributed by atoms with Gasteiger partial charge in [-0.15, -0.1) is 0 Å². The molecule has 1 amide bonds. The zero-order valence-corrected chi connectivity index (χ0v) is 13.6. The van der Waals surface area contributed by atoms with E-state index in [0.29, 0.717) is 11.9 Å². The maximum atomic E-state index is 11.5. The lowest BCUT2D eigenvalue weighted by molar-refractivity contribution is -0.127. The number of likely N-dealkylation sites (tertiary alicyclic amines) is 1. The molecule has 0 spiro atoms. The van der Waals surface area contributed by atoms with Crippen LogP contribution in [0.4, 0.5) is 0 Å². The molecule has 0 aromatic carbocycles. The van der Waals surface area contributed by atoms with E-state index >= 15 is 0 Å². The Morgan fingerprint density at radius 2 is 1.95 bits per heavy atom. The zero-order chi connectivity index (χ0) is 14.6. The first kappa shape index (κ1) is 17.5. The lowest BCUT2D eigenvalue weighted by atomic mass is 10.0. The van der Waals surface area contributed by atoms with Crippen LogP contribution in [0.3, 0.4) is 0 Å². The van der Waals surface area contributed by atoms with Gasteiger partial charge in [0.25, 0.3) is 0 Å². The van der Waals surface area contributed by atoms with E-state index in [1.807, 2.05) is 4.90 Å². The molecule has 20 heavy (non-hydrogen) atoms. The Balaban J connectivity index is 1.98. The highest BCUT2D eigenvalue weighted by atomic mass is 16.2. The molecule has 0 aromatic rings. The Bertz CT molecular complexity index is 255. The van der Waals surface area contributed by atoms with Crippen LogP contribution in [-0.4, -0.2) is 36.5 Å². The van der Waals surface area contributed by atoms with Crippen LogP contribution >= 0.6 is 0 Å². The Morgan fingerprint density at radius 3 is 2.60 bits per heavy atom. The molecule has 118 valence electrons. The highest BCUT2D eigenvalue weighted by molar-refractivity contribution is 5.77. The molecule has 1 aliphatic heterocycles. The van der Waals surface area contributed by atoms with E-state index in [1.165, 1.54) is 44.9 Å². The average molecular weight is 282 g/mol. The van der Waals surface area contributed by atoms with Crippen molar-refractivity contribution in [2.24, 2.45) is 0 Å². The van der Waals surface area contributed by atoms with Crippen LogP contribution in [0.15, 0.2) is 0 Å². The van der Waals surface area contributed by atoms with Gasteiger partial charge in [0.05, 0.1) is 0 Å². The molecule has 1 N–H and O–H groups in total. The molecular formula is C17H34N2O. The molecule has 1 saturated heterocycles. The standard InChI is InChI=1S/C17H34N2O/c1-3-5-6-7-8-11-16(4-2)18-13-10-15-19-14-9-12-17(19)20/h16,18H,3-15H2,1-2H3. The fourth-order valence-corrected chi connectivity index (χ4v) is 2.96. The van der Waals surface area contributed by atoms with Crippen molar-refractivity contribution in [1.29, 1.82) is 0 Å². The predicted molar refractivity (Wildman–Crippen MR) is 85.9 cm³/mol. The van der Waals surface area contributed by atoms with Crippen molar-refractivity contribution in [3.05, 3.63) is 0 Å². The van der Waals surface area contributed by atoms with Crippen molar-refractivity contribution >= 4 is 5.91 Å². The van der Waals surface area contributed by atoms with E-state index in [1.54, 1.807) is 0 Å². The van der Waals surface area contributed by atoms with Crippen LogP contribution in [-0.2, 0) is 4.79 Å². The summed E-state index contributed by atoms with van der Waals surface area (Å²) in [5.41, 5.74) is 0. The first-order valence-corrected chi connectivity index (χ1v) is 8.79. The second kappa shape index (κ2) is 11.1. The van der Waals surface area contributed by atoms with Crippen LogP contribution in [0, 0.1) is 0 Å². The quantitative estimate of drug-likeness (QED) is 0.553. The van der Waals surface area contributed by atoms with Gasteiger partial charge >= 0.3 is 0 Å². The number of carbonyl (C=O) groups is 1. The fourth-order valence-electron chi connectivity index (χ4n) is 2.96. The van der Waals surface area contributed by atoms with Crippen molar-refractivity contribution in [3.8, 4) is 0 Å². The Hall–Kier alpha value is -0.570. The first-order valence-electron chi connectivity index (χ1n) is 8.79. The van der Waals surface area contributed by atoms with Crippen molar-refractivity contribution in [1.82, 2.24) is 10.2 Å². The summed E-state index contributed by atoms with van der Waals surface area (Å²) in [5.74, 6) is 0.355. The third-order valence-electron chi connectivity index (χ3n) is 4.36. The molecule has 1 rings (SSSR count). The van der Waals surface area contributed by atoms with Gasteiger partial charge in [-0.2, -0.15) is 0 Å². The third-order valence-corrected chi connectivity index (χ3v) is 4.36. The summed E-state index contributed by atoms with van der Waals surface area (Å²) in [4.78, 5) is 13.5. The number of carbonyl (C=O) groups excluding carboxylic acids is 1. The summed E-state index contributed by atoms with van der Waals surface area (Å²) in [6, 6.07) is 0.672. The largest absolute Gasteiger partial charge is 0.343 e. The summed E-state index contributed by atoms with van der Waals surface area (Å²) in [6.45, 7) is 7.51. The van der Waals surface area contributed by atoms with Crippen LogP contribution in [0.2, 0.25) is 0 Å². The van der Waals surface area contributed by atoms with Gasteiger partial charge in [0.1, 0.15) is 0 Å². The highest BCUT2D eigenvalue weighted by Gasteiger charge is 2.18. The van der Waals surface area contributed by atoms with Gasteiger partial charge in [0.2, 0.25) is 5.91 Å². The number of amides is 1. The lowest BCUT2D eigenvalue weighted by Gasteiger charge is -2.19. The van der Waals surface area contributed by atoms with Crippen molar-refractivity contribution in [2.75, 3.05) is 19.6 Å². The van der Waals surface area contributed by atoms with Crippen LogP contribution < -0.4 is 5.32 Å². The normalized spacial score (nSPS) is 16.9. The Morgan fingerprint density at radius 1 is 1.15 bits per heavy atom. The Kier molecular flexibility index (Phi) is 9.73. The minimum Gasteiger partial charge on any atom is -0.343 e. The fraction of sp³-hybridized carbons (Fsp3) is 0.941. The maximum Gasteiger partial charge on any atom is 0.222 e. The second-order valence-corrected chi connectivity index (χ2v) is 6.10. The topological polar surface area (TPSA) is 32.3 Å². The molecule has 1 fully saturated rings. The van der Waals surface area contributed by atoms with E-state index in [4.69, 9.17) is 0 Å². The molecule has 0 saturated carbocycles. The lowest BCUT2D eigenvalue weighted by Crippen LogP contribution is -2.32. The molecule has 0 aliphatic carbocycles. The Labute approximate surface area is 125 Å². The predicted octanol–water partition coefficient (Wildman–Crippen LogP) is 3.73. The number of unbranched alkanes of at least 4 members (excludes halogenated alkanes) is 4. The first-order chi connectivity index (χ1) is 9.77. The van der Waals surface area contributed by atoms with Gasteiger partial charge in [-0.3, -0.25) is 4.79 Å². The molecule has 1 heterocycles. The number of hydrogen-bond acceptors (Lipinski definition) is 2. The van der Waals surface area contributed by atoms with Crippen LogP contribution in [0.5, 0.6) is 0 Å². The zero-order valence-electron chi connectivity index (χ0n) is 13.6. The molecule has 1 atom stereocenters. The minimum absolute atomic E-state index is 0.355.